The lowest BCUT2D eigenvalue weighted by Gasteiger charge is -2.43. The fourth-order valence-corrected chi connectivity index (χ4v) is 6.38. The molecule has 0 radical (unpaired) electrons. The van der Waals surface area contributed by atoms with Crippen LogP contribution >= 0.6 is 7.37 Å². The summed E-state index contributed by atoms with van der Waals surface area (Å²) in [6.45, 7) is 1.32. The summed E-state index contributed by atoms with van der Waals surface area (Å²) in [5.74, 6) is -0.674. The molecule has 1 aliphatic rings. The van der Waals surface area contributed by atoms with E-state index < -0.39 is 18.5 Å². The zero-order valence-electron chi connectivity index (χ0n) is 17.7. The first-order valence-electron chi connectivity index (χ1n) is 10.4. The second kappa shape index (κ2) is 9.92. The van der Waals surface area contributed by atoms with Crippen molar-refractivity contribution in [3.05, 3.63) is 48.2 Å². The highest BCUT2D eigenvalue weighted by molar-refractivity contribution is 7.61. The third kappa shape index (κ3) is 4.99. The number of aliphatic carboxylic acids is 1. The van der Waals surface area contributed by atoms with Crippen LogP contribution in [-0.2, 0) is 15.9 Å². The van der Waals surface area contributed by atoms with Crippen molar-refractivity contribution in [2.75, 3.05) is 32.9 Å². The van der Waals surface area contributed by atoms with Gasteiger partial charge in [0.25, 0.3) is 0 Å². The zero-order valence-corrected chi connectivity index (χ0v) is 18.6. The fourth-order valence-electron chi connectivity index (χ4n) is 4.17. The topological polar surface area (TPSA) is 126 Å². The van der Waals surface area contributed by atoms with Gasteiger partial charge in [-0.15, -0.1) is 0 Å². The molecular weight excluding hydrogens is 417 g/mol. The Balaban J connectivity index is 1.86. The molecule has 1 aliphatic heterocycles. The molecule has 31 heavy (non-hydrogen) atoms. The summed E-state index contributed by atoms with van der Waals surface area (Å²) in [4.78, 5) is 29.1. The Morgan fingerprint density at radius 2 is 2.06 bits per heavy atom. The Kier molecular flexibility index (Phi) is 7.49. The van der Waals surface area contributed by atoms with Crippen molar-refractivity contribution in [3.63, 3.8) is 0 Å². The maximum Gasteiger partial charge on any atom is 0.320 e. The monoisotopic (exact) mass is 447 g/mol. The van der Waals surface area contributed by atoms with E-state index in [0.717, 1.165) is 16.7 Å². The van der Waals surface area contributed by atoms with Crippen LogP contribution in [0.5, 0.6) is 5.88 Å². The van der Waals surface area contributed by atoms with Crippen LogP contribution in [0.2, 0.25) is 0 Å². The van der Waals surface area contributed by atoms with Crippen LogP contribution in [0.3, 0.4) is 0 Å². The molecule has 2 atom stereocenters. The number of hydrogen-bond acceptors (Lipinski definition) is 6. The fraction of sp³-hybridized carbons (Fsp3) is 0.455. The number of ether oxygens (including phenoxy) is 1. The Bertz CT molecular complexity index is 952. The SMILES string of the molecule is COc1ccc(-c2ccccc2CN2CCP(=O)(O)C(CCCCN)(C(=O)O)C2)cn1. The lowest BCUT2D eigenvalue weighted by molar-refractivity contribution is -0.141. The zero-order chi connectivity index (χ0) is 22.5. The molecule has 0 spiro atoms. The third-order valence-corrected chi connectivity index (χ3v) is 8.68. The molecule has 1 aromatic heterocycles. The summed E-state index contributed by atoms with van der Waals surface area (Å²) in [5.41, 5.74) is 8.46. The smallest absolute Gasteiger partial charge is 0.320 e. The summed E-state index contributed by atoms with van der Waals surface area (Å²) in [7, 11) is -2.29. The minimum absolute atomic E-state index is 0.0335. The molecule has 3 rings (SSSR count). The van der Waals surface area contributed by atoms with Gasteiger partial charge in [-0.2, -0.15) is 0 Å². The van der Waals surface area contributed by atoms with Crippen molar-refractivity contribution in [1.29, 1.82) is 0 Å². The van der Waals surface area contributed by atoms with Gasteiger partial charge in [0.1, 0.15) is 0 Å². The van der Waals surface area contributed by atoms with Gasteiger partial charge in [-0.3, -0.25) is 14.3 Å². The number of pyridine rings is 1. The Morgan fingerprint density at radius 3 is 2.71 bits per heavy atom. The van der Waals surface area contributed by atoms with Crippen LogP contribution in [-0.4, -0.2) is 63.9 Å². The normalized spacial score (nSPS) is 24.1. The molecule has 2 unspecified atom stereocenters. The number of aromatic nitrogens is 1. The number of unbranched alkanes of at least 4 members (excludes halogenated alkanes) is 1. The number of carboxylic acids is 1. The van der Waals surface area contributed by atoms with Crippen molar-refractivity contribution in [3.8, 4) is 17.0 Å². The number of carboxylic acid groups (broad SMARTS) is 1. The number of nitrogens with zero attached hydrogens (tertiary/aromatic N) is 2. The van der Waals surface area contributed by atoms with Crippen LogP contribution in [0.1, 0.15) is 24.8 Å². The van der Waals surface area contributed by atoms with E-state index in [-0.39, 0.29) is 19.1 Å². The van der Waals surface area contributed by atoms with E-state index in [0.29, 0.717) is 38.4 Å². The number of benzene rings is 1. The van der Waals surface area contributed by atoms with Crippen molar-refractivity contribution in [2.24, 2.45) is 5.73 Å². The van der Waals surface area contributed by atoms with Crippen LogP contribution in [0.4, 0.5) is 0 Å². The average Bonchev–Trinajstić information content (AvgIpc) is 2.76. The van der Waals surface area contributed by atoms with E-state index in [4.69, 9.17) is 10.5 Å². The van der Waals surface area contributed by atoms with Gasteiger partial charge in [-0.25, -0.2) is 4.98 Å². The summed E-state index contributed by atoms with van der Waals surface area (Å²) in [5, 5.41) is 8.32. The summed E-state index contributed by atoms with van der Waals surface area (Å²) >= 11 is 0. The Labute approximate surface area is 182 Å². The molecule has 0 aliphatic carbocycles. The number of methoxy groups -OCH3 is 1. The molecule has 2 aromatic rings. The van der Waals surface area contributed by atoms with Crippen LogP contribution in [0, 0.1) is 0 Å². The van der Waals surface area contributed by atoms with Crippen molar-refractivity contribution >= 4 is 13.3 Å². The molecule has 4 N–H and O–H groups in total. The van der Waals surface area contributed by atoms with E-state index in [1.807, 2.05) is 35.2 Å². The molecular formula is C22H30N3O5P. The van der Waals surface area contributed by atoms with Crippen molar-refractivity contribution in [1.82, 2.24) is 9.88 Å². The van der Waals surface area contributed by atoms with Crippen LogP contribution < -0.4 is 10.5 Å². The molecule has 0 saturated carbocycles. The maximum atomic E-state index is 13.0. The molecule has 0 amide bonds. The molecule has 8 nitrogen and oxygen atoms in total. The summed E-state index contributed by atoms with van der Waals surface area (Å²) in [6, 6.07) is 11.6. The minimum atomic E-state index is -3.85. The number of rotatable bonds is 9. The average molecular weight is 447 g/mol. The van der Waals surface area contributed by atoms with E-state index in [9.17, 15) is 19.4 Å². The van der Waals surface area contributed by atoms with E-state index in [1.54, 1.807) is 19.4 Å². The van der Waals surface area contributed by atoms with Gasteiger partial charge in [0.2, 0.25) is 13.2 Å². The first-order valence-corrected chi connectivity index (χ1v) is 12.2. The summed E-state index contributed by atoms with van der Waals surface area (Å²) < 4.78 is 18.1. The lowest BCUT2D eigenvalue weighted by Crippen LogP contribution is -2.53. The standard InChI is InChI=1S/C22H30N3O5P/c1-30-20-9-8-17(14-24-20)19-7-3-2-6-18(19)15-25-12-13-31(28,29)22(16-25,21(26)27)10-4-5-11-23/h2-3,6-9,14H,4-5,10-13,15-16,23H2,1H3,(H,26,27)(H,28,29). The molecule has 2 heterocycles. The Morgan fingerprint density at radius 1 is 1.29 bits per heavy atom. The lowest BCUT2D eigenvalue weighted by atomic mass is 9.97. The predicted molar refractivity (Wildman–Crippen MR) is 119 cm³/mol. The third-order valence-electron chi connectivity index (χ3n) is 5.98. The van der Waals surface area contributed by atoms with Gasteiger partial charge in [0.15, 0.2) is 5.16 Å². The molecule has 168 valence electrons. The second-order valence-electron chi connectivity index (χ2n) is 7.96. The molecule has 1 aromatic carbocycles. The minimum Gasteiger partial charge on any atom is -0.481 e. The first-order chi connectivity index (χ1) is 14.8. The highest BCUT2D eigenvalue weighted by Crippen LogP contribution is 2.59. The van der Waals surface area contributed by atoms with E-state index in [2.05, 4.69) is 4.98 Å². The quantitative estimate of drug-likeness (QED) is 0.396. The highest BCUT2D eigenvalue weighted by Gasteiger charge is 2.56. The van der Waals surface area contributed by atoms with Gasteiger partial charge in [0.05, 0.1) is 7.11 Å². The Hall–Kier alpha value is -2.25. The largest absolute Gasteiger partial charge is 0.481 e. The van der Waals surface area contributed by atoms with E-state index >= 15 is 0 Å². The maximum absolute atomic E-state index is 13.0. The number of carbonyl (C=O) groups is 1. The molecule has 1 saturated heterocycles. The molecule has 1 fully saturated rings. The van der Waals surface area contributed by atoms with Crippen molar-refractivity contribution in [2.45, 2.75) is 31.0 Å². The van der Waals surface area contributed by atoms with Gasteiger partial charge >= 0.3 is 5.97 Å². The van der Waals surface area contributed by atoms with E-state index in [1.165, 1.54) is 0 Å². The number of nitrogens with two attached hydrogens (primary N) is 1. The van der Waals surface area contributed by atoms with Gasteiger partial charge in [-0.1, -0.05) is 30.7 Å². The van der Waals surface area contributed by atoms with Crippen LogP contribution in [0.15, 0.2) is 42.6 Å². The van der Waals surface area contributed by atoms with Crippen LogP contribution in [0.25, 0.3) is 11.1 Å². The first kappa shape index (κ1) is 23.4. The second-order valence-corrected chi connectivity index (χ2v) is 10.7. The summed E-state index contributed by atoms with van der Waals surface area (Å²) in [6.07, 6.45) is 2.99. The molecule has 0 bridgehead atoms. The van der Waals surface area contributed by atoms with Gasteiger partial charge in [0, 0.05) is 43.6 Å². The van der Waals surface area contributed by atoms with Gasteiger partial charge in [-0.05, 0) is 36.6 Å². The predicted octanol–water partition coefficient (Wildman–Crippen LogP) is 2.80. The van der Waals surface area contributed by atoms with Crippen molar-refractivity contribution < 1.29 is 24.1 Å². The number of hydrogen-bond donors (Lipinski definition) is 3. The van der Waals surface area contributed by atoms with Gasteiger partial charge < -0.3 is 20.5 Å². The highest BCUT2D eigenvalue weighted by atomic mass is 31.2. The molecule has 9 heteroatoms.